The summed E-state index contributed by atoms with van der Waals surface area (Å²) in [6, 6.07) is 8.03. The van der Waals surface area contributed by atoms with Gasteiger partial charge in [0, 0.05) is 16.7 Å². The third-order valence-corrected chi connectivity index (χ3v) is 4.12. The van der Waals surface area contributed by atoms with Crippen molar-refractivity contribution in [3.63, 3.8) is 0 Å². The van der Waals surface area contributed by atoms with Gasteiger partial charge in [-0.2, -0.15) is 0 Å². The van der Waals surface area contributed by atoms with E-state index in [1.165, 1.54) is 11.3 Å². The van der Waals surface area contributed by atoms with E-state index in [1.807, 2.05) is 30.0 Å². The van der Waals surface area contributed by atoms with E-state index < -0.39 is 0 Å². The van der Waals surface area contributed by atoms with Gasteiger partial charge in [-0.3, -0.25) is 0 Å². The van der Waals surface area contributed by atoms with Crippen LogP contribution in [-0.4, -0.2) is 18.3 Å². The van der Waals surface area contributed by atoms with Crippen LogP contribution in [0.25, 0.3) is 0 Å². The smallest absolute Gasteiger partial charge is 0.0541 e. The fraction of sp³-hybridized carbons (Fsp3) is 0.571. The van der Waals surface area contributed by atoms with Crippen molar-refractivity contribution in [1.82, 2.24) is 5.32 Å². The summed E-state index contributed by atoms with van der Waals surface area (Å²) in [5.41, 5.74) is 0. The Morgan fingerprint density at radius 3 is 2.59 bits per heavy atom. The van der Waals surface area contributed by atoms with Crippen molar-refractivity contribution in [3.8, 4) is 0 Å². The molecule has 0 bridgehead atoms. The zero-order valence-corrected chi connectivity index (χ0v) is 12.4. The SMILES string of the molecule is CC(C)CCNCC(C)Sc1ccccc1Cl. The molecule has 17 heavy (non-hydrogen) atoms. The highest BCUT2D eigenvalue weighted by atomic mass is 35.5. The molecule has 96 valence electrons. The third-order valence-electron chi connectivity index (χ3n) is 2.50. The van der Waals surface area contributed by atoms with Crippen molar-refractivity contribution in [3.05, 3.63) is 29.3 Å². The lowest BCUT2D eigenvalue weighted by molar-refractivity contribution is 0.539. The lowest BCUT2D eigenvalue weighted by atomic mass is 10.1. The van der Waals surface area contributed by atoms with Crippen molar-refractivity contribution < 1.29 is 0 Å². The van der Waals surface area contributed by atoms with Crippen molar-refractivity contribution in [2.75, 3.05) is 13.1 Å². The van der Waals surface area contributed by atoms with Gasteiger partial charge in [0.2, 0.25) is 0 Å². The number of thioether (sulfide) groups is 1. The highest BCUT2D eigenvalue weighted by molar-refractivity contribution is 8.00. The summed E-state index contributed by atoms with van der Waals surface area (Å²) >= 11 is 7.96. The summed E-state index contributed by atoms with van der Waals surface area (Å²) in [6.07, 6.45) is 1.24. The van der Waals surface area contributed by atoms with E-state index in [2.05, 4.69) is 32.2 Å². The first-order valence-electron chi connectivity index (χ1n) is 6.21. The predicted octanol–water partition coefficient (Wildman–Crippen LogP) is 4.46. The maximum absolute atomic E-state index is 6.13. The van der Waals surface area contributed by atoms with Crippen LogP contribution in [-0.2, 0) is 0 Å². The largest absolute Gasteiger partial charge is 0.316 e. The molecule has 1 atom stereocenters. The van der Waals surface area contributed by atoms with Crippen LogP contribution in [0.15, 0.2) is 29.2 Å². The monoisotopic (exact) mass is 271 g/mol. The molecule has 1 aromatic carbocycles. The molecule has 0 aromatic heterocycles. The van der Waals surface area contributed by atoms with Crippen LogP contribution in [0.5, 0.6) is 0 Å². The predicted molar refractivity (Wildman–Crippen MR) is 79.1 cm³/mol. The molecule has 0 saturated carbocycles. The number of rotatable bonds is 7. The summed E-state index contributed by atoms with van der Waals surface area (Å²) in [6.45, 7) is 8.87. The molecular weight excluding hydrogens is 250 g/mol. The van der Waals surface area contributed by atoms with Crippen LogP contribution in [0.4, 0.5) is 0 Å². The maximum atomic E-state index is 6.13. The van der Waals surface area contributed by atoms with Gasteiger partial charge in [0.25, 0.3) is 0 Å². The molecule has 0 radical (unpaired) electrons. The molecule has 0 amide bonds. The minimum absolute atomic E-state index is 0.544. The van der Waals surface area contributed by atoms with E-state index in [-0.39, 0.29) is 0 Å². The van der Waals surface area contributed by atoms with Crippen molar-refractivity contribution >= 4 is 23.4 Å². The molecule has 0 spiro atoms. The molecule has 1 nitrogen and oxygen atoms in total. The average Bonchev–Trinajstić information content (AvgIpc) is 2.27. The average molecular weight is 272 g/mol. The van der Waals surface area contributed by atoms with E-state index in [4.69, 9.17) is 11.6 Å². The van der Waals surface area contributed by atoms with E-state index >= 15 is 0 Å². The van der Waals surface area contributed by atoms with Gasteiger partial charge in [0.05, 0.1) is 5.02 Å². The van der Waals surface area contributed by atoms with Gasteiger partial charge < -0.3 is 5.32 Å². The highest BCUT2D eigenvalue weighted by Gasteiger charge is 2.06. The fourth-order valence-electron chi connectivity index (χ4n) is 1.49. The van der Waals surface area contributed by atoms with E-state index in [0.29, 0.717) is 5.25 Å². The Morgan fingerprint density at radius 2 is 1.94 bits per heavy atom. The first-order chi connectivity index (χ1) is 8.09. The molecule has 0 aliphatic rings. The number of halogens is 1. The normalized spacial score (nSPS) is 13.0. The molecular formula is C14H22ClNS. The topological polar surface area (TPSA) is 12.0 Å². The first kappa shape index (κ1) is 14.9. The molecule has 0 aliphatic carbocycles. The molecule has 1 N–H and O–H groups in total. The molecule has 0 saturated heterocycles. The summed E-state index contributed by atoms with van der Waals surface area (Å²) in [4.78, 5) is 1.17. The van der Waals surface area contributed by atoms with Gasteiger partial charge in [-0.15, -0.1) is 11.8 Å². The summed E-state index contributed by atoms with van der Waals surface area (Å²) in [5.74, 6) is 0.772. The molecule has 1 unspecified atom stereocenters. The Hall–Kier alpha value is -0.180. The van der Waals surface area contributed by atoms with Gasteiger partial charge in [-0.05, 0) is 31.0 Å². The summed E-state index contributed by atoms with van der Waals surface area (Å²) in [7, 11) is 0. The van der Waals surface area contributed by atoms with Crippen LogP contribution >= 0.6 is 23.4 Å². The first-order valence-corrected chi connectivity index (χ1v) is 7.47. The van der Waals surface area contributed by atoms with E-state index in [0.717, 1.165) is 24.0 Å². The second kappa shape index (κ2) is 8.02. The number of hydrogen-bond donors (Lipinski definition) is 1. The lowest BCUT2D eigenvalue weighted by Crippen LogP contribution is -2.24. The van der Waals surface area contributed by atoms with Gasteiger partial charge in [-0.1, -0.05) is 44.5 Å². The van der Waals surface area contributed by atoms with Crippen LogP contribution in [0.1, 0.15) is 27.2 Å². The molecule has 0 fully saturated rings. The Bertz CT molecular complexity index is 328. The Morgan fingerprint density at radius 1 is 1.24 bits per heavy atom. The standard InChI is InChI=1S/C14H22ClNS/c1-11(2)8-9-16-10-12(3)17-14-7-5-4-6-13(14)15/h4-7,11-12,16H,8-10H2,1-3H3. The Labute approximate surface area is 114 Å². The van der Waals surface area contributed by atoms with Crippen molar-refractivity contribution in [1.29, 1.82) is 0 Å². The number of benzene rings is 1. The van der Waals surface area contributed by atoms with Gasteiger partial charge in [-0.25, -0.2) is 0 Å². The van der Waals surface area contributed by atoms with Crippen molar-refractivity contribution in [2.24, 2.45) is 5.92 Å². The zero-order chi connectivity index (χ0) is 12.7. The van der Waals surface area contributed by atoms with Crippen LogP contribution in [0.2, 0.25) is 5.02 Å². The van der Waals surface area contributed by atoms with Crippen LogP contribution in [0.3, 0.4) is 0 Å². The Kier molecular flexibility index (Phi) is 7.02. The summed E-state index contributed by atoms with van der Waals surface area (Å²) in [5, 5.41) is 4.89. The molecule has 1 aromatic rings. The minimum atomic E-state index is 0.544. The second-order valence-electron chi connectivity index (χ2n) is 4.75. The lowest BCUT2D eigenvalue weighted by Gasteiger charge is -2.13. The molecule has 1 rings (SSSR count). The number of nitrogens with one attached hydrogen (secondary N) is 1. The van der Waals surface area contributed by atoms with Gasteiger partial charge >= 0.3 is 0 Å². The number of hydrogen-bond acceptors (Lipinski definition) is 2. The highest BCUT2D eigenvalue weighted by Crippen LogP contribution is 2.29. The maximum Gasteiger partial charge on any atom is 0.0541 e. The third kappa shape index (κ3) is 6.35. The van der Waals surface area contributed by atoms with E-state index in [9.17, 15) is 0 Å². The van der Waals surface area contributed by atoms with Crippen molar-refractivity contribution in [2.45, 2.75) is 37.3 Å². The fourth-order valence-corrected chi connectivity index (χ4v) is 2.74. The summed E-state index contributed by atoms with van der Waals surface area (Å²) < 4.78 is 0. The minimum Gasteiger partial charge on any atom is -0.316 e. The Balaban J connectivity index is 2.25. The van der Waals surface area contributed by atoms with Gasteiger partial charge in [0.1, 0.15) is 0 Å². The molecule has 3 heteroatoms. The van der Waals surface area contributed by atoms with E-state index in [1.54, 1.807) is 0 Å². The molecule has 0 heterocycles. The molecule has 0 aliphatic heterocycles. The van der Waals surface area contributed by atoms with Crippen LogP contribution < -0.4 is 5.32 Å². The van der Waals surface area contributed by atoms with Crippen LogP contribution in [0, 0.1) is 5.92 Å². The zero-order valence-electron chi connectivity index (χ0n) is 10.9. The quantitative estimate of drug-likeness (QED) is 0.581. The second-order valence-corrected chi connectivity index (χ2v) is 6.63. The van der Waals surface area contributed by atoms with Gasteiger partial charge in [0.15, 0.2) is 0 Å².